The van der Waals surface area contributed by atoms with Crippen molar-refractivity contribution in [3.63, 3.8) is 0 Å². The number of halogens is 1. The molecule has 1 aromatic heterocycles. The second kappa shape index (κ2) is 10.9. The van der Waals surface area contributed by atoms with Crippen LogP contribution in [0.15, 0.2) is 18.2 Å². The van der Waals surface area contributed by atoms with Crippen molar-refractivity contribution >= 4 is 26.3 Å². The minimum atomic E-state index is -1.23. The maximum absolute atomic E-state index is 6.49. The molecular weight excluding hydrogens is 440 g/mol. The Morgan fingerprint density at radius 2 is 1.66 bits per heavy atom. The molecule has 2 unspecified atom stereocenters. The largest absolute Gasteiger partial charge is 0.490 e. The van der Waals surface area contributed by atoms with Gasteiger partial charge in [-0.2, -0.15) is 0 Å². The van der Waals surface area contributed by atoms with E-state index in [0.717, 1.165) is 34.7 Å². The minimum absolute atomic E-state index is 0.00286. The molecule has 32 heavy (non-hydrogen) atoms. The maximum atomic E-state index is 6.49. The number of aromatic nitrogens is 1. The molecule has 0 amide bonds. The Kier molecular flexibility index (Phi) is 9.03. The fraction of sp³-hybridized carbons (Fsp3) is 0.560. The zero-order chi connectivity index (χ0) is 24.2. The molecule has 0 bridgehead atoms. The highest BCUT2D eigenvalue weighted by Crippen LogP contribution is 2.40. The van der Waals surface area contributed by atoms with Crippen molar-refractivity contribution in [3.8, 4) is 17.4 Å². The molecule has 7 heteroatoms. The first-order chi connectivity index (χ1) is 14.9. The summed E-state index contributed by atoms with van der Waals surface area (Å²) in [6.45, 7) is 19.2. The Balaban J connectivity index is 2.48. The van der Waals surface area contributed by atoms with E-state index in [1.54, 1.807) is 7.11 Å². The molecule has 0 fully saturated rings. The van der Waals surface area contributed by atoms with Crippen LogP contribution in [0, 0.1) is 26.2 Å². The summed E-state index contributed by atoms with van der Waals surface area (Å²) in [7, 11) is 0.417. The van der Waals surface area contributed by atoms with Gasteiger partial charge in [0.25, 0.3) is 5.88 Å². The van der Waals surface area contributed by atoms with Gasteiger partial charge in [0.2, 0.25) is 5.75 Å². The fourth-order valence-electron chi connectivity index (χ4n) is 3.95. The van der Waals surface area contributed by atoms with E-state index in [1.165, 1.54) is 0 Å². The number of hydrogen-bond donors (Lipinski definition) is 1. The lowest BCUT2D eigenvalue weighted by atomic mass is 9.83. The second-order valence-electron chi connectivity index (χ2n) is 9.75. The first kappa shape index (κ1) is 26.5. The van der Waals surface area contributed by atoms with Crippen molar-refractivity contribution in [2.24, 2.45) is 5.41 Å². The van der Waals surface area contributed by atoms with Gasteiger partial charge in [-0.05, 0) is 75.0 Å². The van der Waals surface area contributed by atoms with E-state index in [2.05, 4.69) is 51.1 Å². The summed E-state index contributed by atoms with van der Waals surface area (Å²) < 4.78 is 18.6. The highest BCUT2D eigenvalue weighted by atomic mass is 35.5. The molecule has 0 aliphatic carbocycles. The van der Waals surface area contributed by atoms with Gasteiger partial charge in [0.05, 0.1) is 24.9 Å². The SMILES string of the molecule is CCC(Nc1cc(C)nc(Oc2c(C)cc(Cl)cc2C)c1OC)C(O[SiH](C)C)C(C)(C)C. The van der Waals surface area contributed by atoms with Gasteiger partial charge >= 0.3 is 0 Å². The number of rotatable bonds is 9. The number of benzene rings is 1. The van der Waals surface area contributed by atoms with E-state index >= 15 is 0 Å². The molecule has 0 aliphatic heterocycles. The van der Waals surface area contributed by atoms with Crippen LogP contribution in [0.25, 0.3) is 0 Å². The lowest BCUT2D eigenvalue weighted by Crippen LogP contribution is -2.46. The molecule has 2 aromatic rings. The van der Waals surface area contributed by atoms with Crippen LogP contribution in [0.3, 0.4) is 0 Å². The first-order valence-electron chi connectivity index (χ1n) is 11.3. The molecule has 178 valence electrons. The molecule has 0 spiro atoms. The number of aryl methyl sites for hydroxylation is 3. The molecule has 2 atom stereocenters. The topological polar surface area (TPSA) is 52.6 Å². The maximum Gasteiger partial charge on any atom is 0.265 e. The average Bonchev–Trinajstić information content (AvgIpc) is 2.66. The fourth-order valence-corrected chi connectivity index (χ4v) is 5.46. The van der Waals surface area contributed by atoms with Crippen LogP contribution in [-0.4, -0.2) is 33.3 Å². The summed E-state index contributed by atoms with van der Waals surface area (Å²) >= 11 is 6.19. The normalized spacial score (nSPS) is 13.8. The Morgan fingerprint density at radius 3 is 2.12 bits per heavy atom. The number of anilines is 1. The lowest BCUT2D eigenvalue weighted by molar-refractivity contribution is 0.0675. The van der Waals surface area contributed by atoms with Gasteiger partial charge in [0.1, 0.15) is 5.75 Å². The predicted octanol–water partition coefficient (Wildman–Crippen LogP) is 7.07. The van der Waals surface area contributed by atoms with Crippen molar-refractivity contribution in [3.05, 3.63) is 40.0 Å². The quantitative estimate of drug-likeness (QED) is 0.390. The number of nitrogens with zero attached hydrogens (tertiary/aromatic N) is 1. The van der Waals surface area contributed by atoms with E-state index in [4.69, 9.17) is 25.5 Å². The van der Waals surface area contributed by atoms with E-state index in [-0.39, 0.29) is 17.6 Å². The average molecular weight is 479 g/mol. The van der Waals surface area contributed by atoms with Crippen LogP contribution in [-0.2, 0) is 4.43 Å². The monoisotopic (exact) mass is 478 g/mol. The van der Waals surface area contributed by atoms with Crippen molar-refractivity contribution < 1.29 is 13.9 Å². The van der Waals surface area contributed by atoms with Crippen LogP contribution in [0.2, 0.25) is 18.1 Å². The smallest absolute Gasteiger partial charge is 0.265 e. The van der Waals surface area contributed by atoms with E-state index in [0.29, 0.717) is 16.7 Å². The molecule has 0 aliphatic rings. The Bertz CT molecular complexity index is 905. The summed E-state index contributed by atoms with van der Waals surface area (Å²) in [6.07, 6.45) is 0.988. The number of hydrogen-bond acceptors (Lipinski definition) is 5. The molecule has 1 N–H and O–H groups in total. The number of methoxy groups -OCH3 is 1. The molecule has 1 heterocycles. The molecule has 0 radical (unpaired) electrons. The molecular formula is C25H39ClN2O3Si. The number of nitrogens with one attached hydrogen (secondary N) is 1. The Hall–Kier alpha value is -1.76. The third kappa shape index (κ3) is 6.62. The van der Waals surface area contributed by atoms with Gasteiger partial charge in [-0.25, -0.2) is 4.98 Å². The summed E-state index contributed by atoms with van der Waals surface area (Å²) in [5.41, 5.74) is 3.59. The Morgan fingerprint density at radius 1 is 1.06 bits per heavy atom. The van der Waals surface area contributed by atoms with Crippen molar-refractivity contribution in [1.82, 2.24) is 4.98 Å². The highest BCUT2D eigenvalue weighted by Gasteiger charge is 2.33. The van der Waals surface area contributed by atoms with Crippen LogP contribution in [0.1, 0.15) is 50.9 Å². The van der Waals surface area contributed by atoms with E-state index < -0.39 is 9.04 Å². The highest BCUT2D eigenvalue weighted by molar-refractivity contribution is 6.48. The van der Waals surface area contributed by atoms with Crippen LogP contribution < -0.4 is 14.8 Å². The second-order valence-corrected chi connectivity index (χ2v) is 12.6. The summed E-state index contributed by atoms with van der Waals surface area (Å²) in [5.74, 6) is 1.76. The lowest BCUT2D eigenvalue weighted by Gasteiger charge is -2.39. The van der Waals surface area contributed by atoms with Gasteiger partial charge < -0.3 is 19.2 Å². The van der Waals surface area contributed by atoms with Crippen LogP contribution >= 0.6 is 11.6 Å². The third-order valence-corrected chi connectivity index (χ3v) is 6.37. The van der Waals surface area contributed by atoms with Crippen LogP contribution in [0.5, 0.6) is 17.4 Å². The van der Waals surface area contributed by atoms with Gasteiger partial charge in [-0.15, -0.1) is 0 Å². The van der Waals surface area contributed by atoms with Gasteiger partial charge in [0, 0.05) is 10.7 Å². The van der Waals surface area contributed by atoms with Crippen molar-refractivity contribution in [2.45, 2.75) is 80.1 Å². The standard InChI is InChI=1S/C25H39ClN2O3Si/c1-11-19(23(25(5,6)7)31-32(9)10)28-20-14-17(4)27-24(22(20)29-8)30-21-15(2)12-18(26)13-16(21)3/h12-14,19,23,32H,11H2,1-10H3,(H,27,28). The summed E-state index contributed by atoms with van der Waals surface area (Å²) in [6, 6.07) is 5.90. The van der Waals surface area contributed by atoms with Gasteiger partial charge in [-0.1, -0.05) is 39.3 Å². The predicted molar refractivity (Wildman–Crippen MR) is 137 cm³/mol. The van der Waals surface area contributed by atoms with Gasteiger partial charge in [-0.3, -0.25) is 0 Å². The van der Waals surface area contributed by atoms with Crippen LogP contribution in [0.4, 0.5) is 5.69 Å². The molecule has 1 aromatic carbocycles. The molecule has 5 nitrogen and oxygen atoms in total. The van der Waals surface area contributed by atoms with Crippen molar-refractivity contribution in [1.29, 1.82) is 0 Å². The number of pyridine rings is 1. The Labute approximate surface area is 200 Å². The zero-order valence-corrected chi connectivity index (χ0v) is 23.1. The summed E-state index contributed by atoms with van der Waals surface area (Å²) in [4.78, 5) is 4.64. The third-order valence-electron chi connectivity index (χ3n) is 5.32. The van der Waals surface area contributed by atoms with Gasteiger partial charge in [0.15, 0.2) is 9.04 Å². The molecule has 2 rings (SSSR count). The molecule has 0 saturated heterocycles. The van der Waals surface area contributed by atoms with E-state index in [9.17, 15) is 0 Å². The first-order valence-corrected chi connectivity index (χ1v) is 14.4. The summed E-state index contributed by atoms with van der Waals surface area (Å²) in [5, 5.41) is 4.38. The van der Waals surface area contributed by atoms with E-state index in [1.807, 2.05) is 39.0 Å². The van der Waals surface area contributed by atoms with Crippen molar-refractivity contribution in [2.75, 3.05) is 12.4 Å². The zero-order valence-electron chi connectivity index (χ0n) is 21.2. The minimum Gasteiger partial charge on any atom is -0.490 e. The number of ether oxygens (including phenoxy) is 2. The molecule has 0 saturated carbocycles.